The van der Waals surface area contributed by atoms with Crippen molar-refractivity contribution in [1.82, 2.24) is 5.32 Å². The Bertz CT molecular complexity index is 741. The van der Waals surface area contributed by atoms with Crippen LogP contribution in [0, 0.1) is 0 Å². The van der Waals surface area contributed by atoms with Gasteiger partial charge in [0.15, 0.2) is 11.5 Å². The highest BCUT2D eigenvalue weighted by Gasteiger charge is 2.13. The lowest BCUT2D eigenvalue weighted by molar-refractivity contribution is -0.114. The second kappa shape index (κ2) is 6.70. The van der Waals surface area contributed by atoms with Crippen LogP contribution >= 0.6 is 11.3 Å². The van der Waals surface area contributed by atoms with Gasteiger partial charge in [0.2, 0.25) is 12.7 Å². The second-order valence-corrected chi connectivity index (χ2v) is 6.12. The number of nitrogens with one attached hydrogen (secondary N) is 2. The molecule has 7 heteroatoms. The van der Waals surface area contributed by atoms with Gasteiger partial charge in [0, 0.05) is 13.5 Å². The van der Waals surface area contributed by atoms with Crippen LogP contribution in [0.3, 0.4) is 0 Å². The number of hydrogen-bond acceptors (Lipinski definition) is 5. The molecule has 120 valence electrons. The summed E-state index contributed by atoms with van der Waals surface area (Å²) in [7, 11) is 0. The molecule has 0 unspecified atom stereocenters. The van der Waals surface area contributed by atoms with E-state index >= 15 is 0 Å². The predicted molar refractivity (Wildman–Crippen MR) is 87.2 cm³/mol. The van der Waals surface area contributed by atoms with E-state index in [0.29, 0.717) is 22.8 Å². The van der Waals surface area contributed by atoms with Crippen LogP contribution in [0.4, 0.5) is 5.00 Å². The van der Waals surface area contributed by atoms with Crippen molar-refractivity contribution in [2.75, 3.05) is 18.7 Å². The molecule has 2 amide bonds. The lowest BCUT2D eigenvalue weighted by Crippen LogP contribution is -2.24. The molecule has 1 aliphatic heterocycles. The summed E-state index contributed by atoms with van der Waals surface area (Å²) < 4.78 is 10.6. The van der Waals surface area contributed by atoms with Crippen molar-refractivity contribution >= 4 is 28.2 Å². The Kier molecular flexibility index (Phi) is 4.47. The van der Waals surface area contributed by atoms with Gasteiger partial charge in [0.25, 0.3) is 5.91 Å². The standard InChI is InChI=1S/C16H16N2O4S/c1-10(19)18-15-5-4-14(23-15)16(20)17-7-6-11-2-3-12-13(8-11)22-9-21-12/h2-5,8H,6-7,9H2,1H3,(H,17,20)(H,18,19). The van der Waals surface area contributed by atoms with E-state index in [2.05, 4.69) is 10.6 Å². The molecular weight excluding hydrogens is 316 g/mol. The quantitative estimate of drug-likeness (QED) is 0.881. The number of fused-ring (bicyclic) bond motifs is 1. The summed E-state index contributed by atoms with van der Waals surface area (Å²) in [4.78, 5) is 23.6. The van der Waals surface area contributed by atoms with Gasteiger partial charge in [-0.1, -0.05) is 6.07 Å². The highest BCUT2D eigenvalue weighted by Crippen LogP contribution is 2.32. The molecule has 6 nitrogen and oxygen atoms in total. The van der Waals surface area contributed by atoms with Gasteiger partial charge in [-0.25, -0.2) is 0 Å². The fourth-order valence-corrected chi connectivity index (χ4v) is 3.07. The highest BCUT2D eigenvalue weighted by atomic mass is 32.1. The maximum absolute atomic E-state index is 12.1. The SMILES string of the molecule is CC(=O)Nc1ccc(C(=O)NCCc2ccc3c(c2)OCO3)s1. The summed E-state index contributed by atoms with van der Waals surface area (Å²) >= 11 is 1.25. The van der Waals surface area contributed by atoms with E-state index in [0.717, 1.165) is 17.1 Å². The Labute approximate surface area is 137 Å². The van der Waals surface area contributed by atoms with Crippen molar-refractivity contribution in [3.63, 3.8) is 0 Å². The first-order valence-electron chi connectivity index (χ1n) is 7.16. The van der Waals surface area contributed by atoms with Crippen molar-refractivity contribution in [3.05, 3.63) is 40.8 Å². The minimum atomic E-state index is -0.151. The molecule has 2 aromatic rings. The number of ether oxygens (including phenoxy) is 2. The van der Waals surface area contributed by atoms with E-state index in [4.69, 9.17) is 9.47 Å². The summed E-state index contributed by atoms with van der Waals surface area (Å²) in [5.74, 6) is 1.20. The number of anilines is 1. The first-order chi connectivity index (χ1) is 11.1. The molecule has 1 aliphatic rings. The van der Waals surface area contributed by atoms with Crippen LogP contribution in [0.1, 0.15) is 22.2 Å². The van der Waals surface area contributed by atoms with Crippen LogP contribution in [0.2, 0.25) is 0 Å². The molecular formula is C16H16N2O4S. The third kappa shape index (κ3) is 3.81. The van der Waals surface area contributed by atoms with Gasteiger partial charge >= 0.3 is 0 Å². The lowest BCUT2D eigenvalue weighted by atomic mass is 10.1. The molecule has 0 aliphatic carbocycles. The number of benzene rings is 1. The zero-order valence-electron chi connectivity index (χ0n) is 12.5. The topological polar surface area (TPSA) is 76.7 Å². The largest absolute Gasteiger partial charge is 0.454 e. The zero-order chi connectivity index (χ0) is 16.2. The third-order valence-corrected chi connectivity index (χ3v) is 4.26. The molecule has 0 saturated carbocycles. The van der Waals surface area contributed by atoms with Gasteiger partial charge in [-0.2, -0.15) is 0 Å². The van der Waals surface area contributed by atoms with Crippen LogP contribution in [0.5, 0.6) is 11.5 Å². The van der Waals surface area contributed by atoms with Crippen molar-refractivity contribution in [2.45, 2.75) is 13.3 Å². The van der Waals surface area contributed by atoms with Gasteiger partial charge in [-0.05, 0) is 36.2 Å². The summed E-state index contributed by atoms with van der Waals surface area (Å²) in [5, 5.41) is 6.19. The Morgan fingerprint density at radius 2 is 2.00 bits per heavy atom. The van der Waals surface area contributed by atoms with Gasteiger partial charge in [-0.3, -0.25) is 9.59 Å². The van der Waals surface area contributed by atoms with Crippen molar-refractivity contribution < 1.29 is 19.1 Å². The van der Waals surface area contributed by atoms with Crippen molar-refractivity contribution in [1.29, 1.82) is 0 Å². The number of rotatable bonds is 5. The maximum Gasteiger partial charge on any atom is 0.261 e. The van der Waals surface area contributed by atoms with Crippen molar-refractivity contribution in [3.8, 4) is 11.5 Å². The Morgan fingerprint density at radius 3 is 2.83 bits per heavy atom. The monoisotopic (exact) mass is 332 g/mol. The number of thiophene rings is 1. The smallest absolute Gasteiger partial charge is 0.261 e. The molecule has 0 atom stereocenters. The molecule has 1 aromatic carbocycles. The summed E-state index contributed by atoms with van der Waals surface area (Å²) in [6.07, 6.45) is 0.701. The normalized spacial score (nSPS) is 12.0. The van der Waals surface area contributed by atoms with Crippen LogP contribution < -0.4 is 20.1 Å². The van der Waals surface area contributed by atoms with E-state index in [1.54, 1.807) is 12.1 Å². The molecule has 2 N–H and O–H groups in total. The maximum atomic E-state index is 12.1. The molecule has 0 saturated heterocycles. The minimum Gasteiger partial charge on any atom is -0.454 e. The Hall–Kier alpha value is -2.54. The molecule has 3 rings (SSSR count). The molecule has 0 radical (unpaired) electrons. The van der Waals surface area contributed by atoms with E-state index in [9.17, 15) is 9.59 Å². The summed E-state index contributed by atoms with van der Waals surface area (Å²) in [6, 6.07) is 9.18. The molecule has 0 bridgehead atoms. The van der Waals surface area contributed by atoms with Gasteiger partial charge in [0.1, 0.15) is 0 Å². The minimum absolute atomic E-state index is 0.146. The highest BCUT2D eigenvalue weighted by molar-refractivity contribution is 7.18. The molecule has 0 fully saturated rings. The molecule has 1 aromatic heterocycles. The third-order valence-electron chi connectivity index (χ3n) is 3.27. The van der Waals surface area contributed by atoms with Gasteiger partial charge in [-0.15, -0.1) is 11.3 Å². The number of amides is 2. The average Bonchev–Trinajstić information content (AvgIpc) is 3.15. The zero-order valence-corrected chi connectivity index (χ0v) is 13.4. The molecule has 23 heavy (non-hydrogen) atoms. The van der Waals surface area contributed by atoms with Crippen molar-refractivity contribution in [2.24, 2.45) is 0 Å². The van der Waals surface area contributed by atoms with E-state index in [1.165, 1.54) is 18.3 Å². The fourth-order valence-electron chi connectivity index (χ4n) is 2.20. The van der Waals surface area contributed by atoms with Gasteiger partial charge in [0.05, 0.1) is 9.88 Å². The summed E-state index contributed by atoms with van der Waals surface area (Å²) in [6.45, 7) is 2.21. The molecule has 2 heterocycles. The molecule has 0 spiro atoms. The van der Waals surface area contributed by atoms with E-state index < -0.39 is 0 Å². The van der Waals surface area contributed by atoms with Gasteiger partial charge < -0.3 is 20.1 Å². The van der Waals surface area contributed by atoms with Crippen LogP contribution in [0.15, 0.2) is 30.3 Å². The predicted octanol–water partition coefficient (Wildman–Crippen LogP) is 2.41. The number of carbonyl (C=O) groups is 2. The fraction of sp³-hybridized carbons (Fsp3) is 0.250. The first kappa shape index (κ1) is 15.4. The van der Waals surface area contributed by atoms with Crippen LogP contribution in [-0.4, -0.2) is 25.2 Å². The first-order valence-corrected chi connectivity index (χ1v) is 7.97. The average molecular weight is 332 g/mol. The Morgan fingerprint density at radius 1 is 1.17 bits per heavy atom. The number of hydrogen-bond donors (Lipinski definition) is 2. The number of carbonyl (C=O) groups excluding carboxylic acids is 2. The van der Waals surface area contributed by atoms with E-state index in [-0.39, 0.29) is 18.6 Å². The second-order valence-electron chi connectivity index (χ2n) is 5.04. The lowest BCUT2D eigenvalue weighted by Gasteiger charge is -2.05. The van der Waals surface area contributed by atoms with E-state index in [1.807, 2.05) is 18.2 Å². The van der Waals surface area contributed by atoms with Crippen LogP contribution in [0.25, 0.3) is 0 Å². The Balaban J connectivity index is 1.51. The summed E-state index contributed by atoms with van der Waals surface area (Å²) in [5.41, 5.74) is 1.07. The van der Waals surface area contributed by atoms with Crippen LogP contribution in [-0.2, 0) is 11.2 Å².